The molecule has 2 aromatic heterocycles. The van der Waals surface area contributed by atoms with Crippen molar-refractivity contribution in [3.8, 4) is 0 Å². The van der Waals surface area contributed by atoms with Gasteiger partial charge in [0.1, 0.15) is 17.3 Å². The Bertz CT molecular complexity index is 920. The summed E-state index contributed by atoms with van der Waals surface area (Å²) in [5.41, 5.74) is -0.422. The first-order valence-corrected chi connectivity index (χ1v) is 7.11. The lowest BCUT2D eigenvalue weighted by molar-refractivity contribution is 0.0944. The maximum atomic E-state index is 13.5. The SMILES string of the molecule is O=C(NCc1cc(F)ccc1F)c1cc(=O)nc2sccn12. The number of nitrogens with one attached hydrogen (secondary N) is 1. The van der Waals surface area contributed by atoms with Crippen LogP contribution in [0.5, 0.6) is 0 Å². The van der Waals surface area contributed by atoms with E-state index in [9.17, 15) is 18.4 Å². The molecule has 1 amide bonds. The number of rotatable bonds is 3. The number of carbonyl (C=O) groups is 1. The van der Waals surface area contributed by atoms with E-state index in [0.717, 1.165) is 24.3 Å². The van der Waals surface area contributed by atoms with E-state index in [2.05, 4.69) is 10.3 Å². The van der Waals surface area contributed by atoms with Crippen molar-refractivity contribution in [2.45, 2.75) is 6.54 Å². The van der Waals surface area contributed by atoms with Crippen LogP contribution in [0.25, 0.3) is 4.96 Å². The minimum atomic E-state index is -0.616. The molecule has 3 aromatic rings. The molecular formula is C14H9F2N3O2S. The highest BCUT2D eigenvalue weighted by Gasteiger charge is 2.13. The Morgan fingerprint density at radius 1 is 1.32 bits per heavy atom. The first kappa shape index (κ1) is 14.3. The number of halogens is 2. The van der Waals surface area contributed by atoms with E-state index in [1.807, 2.05) is 0 Å². The smallest absolute Gasteiger partial charge is 0.274 e. The molecule has 1 N–H and O–H groups in total. The van der Waals surface area contributed by atoms with Crippen molar-refractivity contribution >= 4 is 22.2 Å². The van der Waals surface area contributed by atoms with Gasteiger partial charge in [0.05, 0.1) is 0 Å². The Balaban J connectivity index is 1.86. The zero-order valence-corrected chi connectivity index (χ0v) is 11.9. The number of aromatic nitrogens is 2. The van der Waals surface area contributed by atoms with Crippen molar-refractivity contribution < 1.29 is 13.6 Å². The molecule has 0 aliphatic heterocycles. The van der Waals surface area contributed by atoms with E-state index in [1.165, 1.54) is 15.7 Å². The van der Waals surface area contributed by atoms with Crippen LogP contribution in [0.4, 0.5) is 8.78 Å². The van der Waals surface area contributed by atoms with Crippen LogP contribution < -0.4 is 10.9 Å². The van der Waals surface area contributed by atoms with Gasteiger partial charge in [0, 0.05) is 29.8 Å². The average molecular weight is 321 g/mol. The second-order valence-electron chi connectivity index (χ2n) is 4.45. The summed E-state index contributed by atoms with van der Waals surface area (Å²) in [7, 11) is 0. The molecule has 0 radical (unpaired) electrons. The van der Waals surface area contributed by atoms with E-state index in [4.69, 9.17) is 0 Å². The van der Waals surface area contributed by atoms with Crippen LogP contribution in [-0.4, -0.2) is 15.3 Å². The van der Waals surface area contributed by atoms with Gasteiger partial charge in [-0.25, -0.2) is 8.78 Å². The molecule has 0 saturated heterocycles. The van der Waals surface area contributed by atoms with Crippen LogP contribution in [0.3, 0.4) is 0 Å². The summed E-state index contributed by atoms with van der Waals surface area (Å²) < 4.78 is 28.1. The normalized spacial score (nSPS) is 10.8. The summed E-state index contributed by atoms with van der Waals surface area (Å²) in [5.74, 6) is -1.78. The fourth-order valence-corrected chi connectivity index (χ4v) is 2.69. The number of benzene rings is 1. The second kappa shape index (κ2) is 5.64. The van der Waals surface area contributed by atoms with Gasteiger partial charge in [-0.15, -0.1) is 11.3 Å². The van der Waals surface area contributed by atoms with Crippen molar-refractivity contribution in [1.29, 1.82) is 0 Å². The topological polar surface area (TPSA) is 63.5 Å². The molecule has 0 saturated carbocycles. The van der Waals surface area contributed by atoms with Crippen LogP contribution in [0.1, 0.15) is 16.1 Å². The highest BCUT2D eigenvalue weighted by molar-refractivity contribution is 7.15. The minimum absolute atomic E-state index is 0.0244. The van der Waals surface area contributed by atoms with Crippen molar-refractivity contribution in [2.24, 2.45) is 0 Å². The third-order valence-electron chi connectivity index (χ3n) is 2.99. The number of nitrogens with zero attached hydrogens (tertiary/aromatic N) is 2. The van der Waals surface area contributed by atoms with Gasteiger partial charge >= 0.3 is 0 Å². The molecule has 0 aliphatic carbocycles. The summed E-state index contributed by atoms with van der Waals surface area (Å²) in [5, 5.41) is 4.15. The molecule has 0 bridgehead atoms. The van der Waals surface area contributed by atoms with Gasteiger partial charge < -0.3 is 5.32 Å². The molecule has 0 aliphatic rings. The van der Waals surface area contributed by atoms with Crippen molar-refractivity contribution in [1.82, 2.24) is 14.7 Å². The Morgan fingerprint density at radius 3 is 2.95 bits per heavy atom. The lowest BCUT2D eigenvalue weighted by Crippen LogP contribution is -2.27. The van der Waals surface area contributed by atoms with Crippen LogP contribution >= 0.6 is 11.3 Å². The molecule has 22 heavy (non-hydrogen) atoms. The number of hydrogen-bond donors (Lipinski definition) is 1. The largest absolute Gasteiger partial charge is 0.347 e. The van der Waals surface area contributed by atoms with Crippen LogP contribution in [0.2, 0.25) is 0 Å². The Labute approximate surface area is 126 Å². The molecule has 3 rings (SSSR count). The number of thiazole rings is 1. The van der Waals surface area contributed by atoms with Crippen molar-refractivity contribution in [3.05, 3.63) is 69.1 Å². The fraction of sp³-hybridized carbons (Fsp3) is 0.0714. The van der Waals surface area contributed by atoms with Gasteiger partial charge in [-0.1, -0.05) is 0 Å². The number of amides is 1. The Hall–Kier alpha value is -2.61. The van der Waals surface area contributed by atoms with Crippen molar-refractivity contribution in [3.63, 3.8) is 0 Å². The minimum Gasteiger partial charge on any atom is -0.347 e. The molecule has 2 heterocycles. The molecule has 5 nitrogen and oxygen atoms in total. The summed E-state index contributed by atoms with van der Waals surface area (Å²) in [6, 6.07) is 4.09. The zero-order valence-electron chi connectivity index (χ0n) is 11.0. The van der Waals surface area contributed by atoms with Crippen LogP contribution in [0, 0.1) is 11.6 Å². The Kier molecular flexibility index (Phi) is 3.68. The van der Waals surface area contributed by atoms with Gasteiger partial charge in [0.15, 0.2) is 4.96 Å². The molecule has 0 fully saturated rings. The molecule has 112 valence electrons. The monoisotopic (exact) mass is 321 g/mol. The van der Waals surface area contributed by atoms with Crippen LogP contribution in [0.15, 0.2) is 40.6 Å². The first-order valence-electron chi connectivity index (χ1n) is 6.23. The molecular weight excluding hydrogens is 312 g/mol. The predicted molar refractivity (Wildman–Crippen MR) is 76.9 cm³/mol. The van der Waals surface area contributed by atoms with Gasteiger partial charge in [-0.2, -0.15) is 4.98 Å². The maximum Gasteiger partial charge on any atom is 0.274 e. The van der Waals surface area contributed by atoms with Gasteiger partial charge in [0.2, 0.25) is 0 Å². The predicted octanol–water partition coefficient (Wildman–Crippen LogP) is 1.96. The maximum absolute atomic E-state index is 13.5. The first-order chi connectivity index (χ1) is 10.5. The zero-order chi connectivity index (χ0) is 15.7. The molecule has 0 atom stereocenters. The molecule has 0 spiro atoms. The lowest BCUT2D eigenvalue weighted by atomic mass is 10.2. The van der Waals surface area contributed by atoms with E-state index in [1.54, 1.807) is 11.6 Å². The van der Waals surface area contributed by atoms with E-state index in [0.29, 0.717) is 4.96 Å². The third-order valence-corrected chi connectivity index (χ3v) is 3.75. The number of fused-ring (bicyclic) bond motifs is 1. The van der Waals surface area contributed by atoms with Gasteiger partial charge in [-0.05, 0) is 18.2 Å². The third kappa shape index (κ3) is 2.73. The lowest BCUT2D eigenvalue weighted by Gasteiger charge is -2.08. The molecule has 8 heteroatoms. The van der Waals surface area contributed by atoms with E-state index >= 15 is 0 Å². The molecule has 0 unspecified atom stereocenters. The number of hydrogen-bond acceptors (Lipinski definition) is 4. The Morgan fingerprint density at radius 2 is 2.14 bits per heavy atom. The second-order valence-corrected chi connectivity index (χ2v) is 5.33. The average Bonchev–Trinajstić information content (AvgIpc) is 2.95. The number of carbonyl (C=O) groups excluding carboxylic acids is 1. The van der Waals surface area contributed by atoms with Gasteiger partial charge in [-0.3, -0.25) is 14.0 Å². The van der Waals surface area contributed by atoms with Crippen LogP contribution in [-0.2, 0) is 6.54 Å². The fourth-order valence-electron chi connectivity index (χ4n) is 1.97. The summed E-state index contributed by atoms with van der Waals surface area (Å²) >= 11 is 1.21. The molecule has 1 aromatic carbocycles. The quantitative estimate of drug-likeness (QED) is 0.802. The standard InChI is InChI=1S/C14H9F2N3O2S/c15-9-1-2-10(16)8(5-9)7-17-13(21)11-6-12(20)18-14-19(11)3-4-22-14/h1-6H,7H2,(H,17,21). The van der Waals surface area contributed by atoms with Gasteiger partial charge in [0.25, 0.3) is 11.5 Å². The highest BCUT2D eigenvalue weighted by atomic mass is 32.1. The summed E-state index contributed by atoms with van der Waals surface area (Å²) in [4.78, 5) is 27.8. The van der Waals surface area contributed by atoms with Crippen molar-refractivity contribution in [2.75, 3.05) is 0 Å². The summed E-state index contributed by atoms with van der Waals surface area (Å²) in [6.45, 7) is -0.189. The van der Waals surface area contributed by atoms with E-state index < -0.39 is 23.1 Å². The highest BCUT2D eigenvalue weighted by Crippen LogP contribution is 2.11. The van der Waals surface area contributed by atoms with E-state index in [-0.39, 0.29) is 17.8 Å². The summed E-state index contributed by atoms with van der Waals surface area (Å²) in [6.07, 6.45) is 1.60.